The predicted octanol–water partition coefficient (Wildman–Crippen LogP) is 9.08. The Morgan fingerprint density at radius 2 is 1.03 bits per heavy atom. The van der Waals surface area contributed by atoms with E-state index in [4.69, 9.17) is 5.73 Å². The van der Waals surface area contributed by atoms with E-state index in [1.165, 1.54) is 11.1 Å². The molecule has 5 aromatic rings. The van der Waals surface area contributed by atoms with Gasteiger partial charge >= 0.3 is 0 Å². The van der Waals surface area contributed by atoms with Crippen LogP contribution in [0.3, 0.4) is 0 Å². The number of hydrogen-bond donors (Lipinski definition) is 3. The van der Waals surface area contributed by atoms with Gasteiger partial charge in [0.15, 0.2) is 0 Å². The zero-order valence-electron chi connectivity index (χ0n) is 21.9. The molecule has 2 unspecified atom stereocenters. The molecule has 5 rings (SSSR count). The summed E-state index contributed by atoms with van der Waals surface area (Å²) in [6.45, 7) is 4.43. The first-order valence-electron chi connectivity index (χ1n) is 13.1. The van der Waals surface area contributed by atoms with Crippen LogP contribution in [-0.4, -0.2) is 0 Å². The number of nitrogen functional groups attached to an aromatic ring is 1. The van der Waals surface area contributed by atoms with Gasteiger partial charge in [0, 0.05) is 40.2 Å². The summed E-state index contributed by atoms with van der Waals surface area (Å²) >= 11 is 0. The Kier molecular flexibility index (Phi) is 7.60. The third-order valence-corrected chi connectivity index (χ3v) is 6.84. The van der Waals surface area contributed by atoms with Crippen molar-refractivity contribution in [2.75, 3.05) is 21.3 Å². The molecule has 0 amide bonds. The van der Waals surface area contributed by atoms with Crippen molar-refractivity contribution < 1.29 is 0 Å². The number of rotatable bonds is 9. The third kappa shape index (κ3) is 5.98. The Labute approximate surface area is 225 Å². The zero-order valence-corrected chi connectivity index (χ0v) is 21.9. The van der Waals surface area contributed by atoms with Gasteiger partial charge in [-0.2, -0.15) is 0 Å². The second-order valence-corrected chi connectivity index (χ2v) is 9.57. The average Bonchev–Trinajstić information content (AvgIpc) is 2.96. The van der Waals surface area contributed by atoms with Crippen molar-refractivity contribution in [1.82, 2.24) is 0 Å². The molecule has 0 aliphatic heterocycles. The lowest BCUT2D eigenvalue weighted by Crippen LogP contribution is -2.21. The quantitative estimate of drug-likeness (QED) is 0.177. The molecule has 0 aliphatic carbocycles. The summed E-state index contributed by atoms with van der Waals surface area (Å²) in [5.41, 5.74) is 14.7. The minimum absolute atomic E-state index is 0.142. The maximum Gasteiger partial charge on any atom is 0.0563 e. The van der Waals surface area contributed by atoms with E-state index in [0.29, 0.717) is 0 Å². The van der Waals surface area contributed by atoms with E-state index < -0.39 is 0 Å². The van der Waals surface area contributed by atoms with Crippen LogP contribution in [0.15, 0.2) is 133 Å². The van der Waals surface area contributed by atoms with Crippen LogP contribution in [0.1, 0.15) is 37.1 Å². The highest BCUT2D eigenvalue weighted by atomic mass is 15.2. The summed E-state index contributed by atoms with van der Waals surface area (Å²) in [7, 11) is 0. The Hall–Kier alpha value is -4.70. The maximum absolute atomic E-state index is 5.96. The molecule has 4 nitrogen and oxygen atoms in total. The molecule has 38 heavy (non-hydrogen) atoms. The van der Waals surface area contributed by atoms with Crippen molar-refractivity contribution >= 4 is 34.1 Å². The standard InChI is InChI=1S/C34H34N4/c1-25(36-31-19-21-32(22-20-31)37-30-9-5-3-6-10-30)27-13-15-28(16-14-27)26(2)38(33-11-7-4-8-12-33)34-23-17-29(35)18-24-34/h3-26,36-37H,35H2,1-2H3. The summed E-state index contributed by atoms with van der Waals surface area (Å²) in [6, 6.07) is 46.4. The van der Waals surface area contributed by atoms with Gasteiger partial charge in [0.25, 0.3) is 0 Å². The van der Waals surface area contributed by atoms with Crippen LogP contribution >= 0.6 is 0 Å². The van der Waals surface area contributed by atoms with E-state index in [1.54, 1.807) is 0 Å². The Balaban J connectivity index is 1.28. The van der Waals surface area contributed by atoms with Gasteiger partial charge in [0.05, 0.1) is 6.04 Å². The van der Waals surface area contributed by atoms with Crippen LogP contribution in [0, 0.1) is 0 Å². The second kappa shape index (κ2) is 11.6. The molecule has 4 N–H and O–H groups in total. The Morgan fingerprint density at radius 1 is 0.526 bits per heavy atom. The molecule has 4 heteroatoms. The van der Waals surface area contributed by atoms with E-state index in [-0.39, 0.29) is 12.1 Å². The largest absolute Gasteiger partial charge is 0.399 e. The number of nitrogens with one attached hydrogen (secondary N) is 2. The van der Waals surface area contributed by atoms with E-state index >= 15 is 0 Å². The first-order chi connectivity index (χ1) is 18.6. The van der Waals surface area contributed by atoms with Gasteiger partial charge in [0.1, 0.15) is 0 Å². The van der Waals surface area contributed by atoms with Gasteiger partial charge in [-0.3, -0.25) is 0 Å². The molecule has 0 aliphatic rings. The van der Waals surface area contributed by atoms with Crippen LogP contribution in [-0.2, 0) is 0 Å². The summed E-state index contributed by atoms with van der Waals surface area (Å²) in [5, 5.41) is 7.06. The minimum Gasteiger partial charge on any atom is -0.399 e. The Morgan fingerprint density at radius 3 is 1.66 bits per heavy atom. The summed E-state index contributed by atoms with van der Waals surface area (Å²) < 4.78 is 0. The van der Waals surface area contributed by atoms with E-state index in [9.17, 15) is 0 Å². The average molecular weight is 499 g/mol. The SMILES string of the molecule is CC(Nc1ccc(Nc2ccccc2)cc1)c1ccc(C(C)N(c2ccccc2)c2ccc(N)cc2)cc1. The normalized spacial score (nSPS) is 12.4. The second-order valence-electron chi connectivity index (χ2n) is 9.57. The molecule has 0 fully saturated rings. The van der Waals surface area contributed by atoms with Crippen molar-refractivity contribution in [1.29, 1.82) is 0 Å². The first kappa shape index (κ1) is 25.0. The van der Waals surface area contributed by atoms with Gasteiger partial charge in [-0.1, -0.05) is 60.7 Å². The van der Waals surface area contributed by atoms with Crippen molar-refractivity contribution in [3.63, 3.8) is 0 Å². The van der Waals surface area contributed by atoms with E-state index in [2.05, 4.69) is 126 Å². The van der Waals surface area contributed by atoms with Gasteiger partial charge < -0.3 is 21.3 Å². The lowest BCUT2D eigenvalue weighted by Gasteiger charge is -2.32. The minimum atomic E-state index is 0.142. The van der Waals surface area contributed by atoms with E-state index in [0.717, 1.165) is 34.1 Å². The molecule has 0 bridgehead atoms. The highest BCUT2D eigenvalue weighted by molar-refractivity contribution is 5.67. The third-order valence-electron chi connectivity index (χ3n) is 6.84. The van der Waals surface area contributed by atoms with Crippen LogP contribution in [0.2, 0.25) is 0 Å². The van der Waals surface area contributed by atoms with E-state index in [1.807, 2.05) is 36.4 Å². The fourth-order valence-corrected chi connectivity index (χ4v) is 4.70. The topological polar surface area (TPSA) is 53.3 Å². The van der Waals surface area contributed by atoms with Crippen molar-refractivity contribution in [2.24, 2.45) is 0 Å². The van der Waals surface area contributed by atoms with Crippen LogP contribution < -0.4 is 21.3 Å². The number of nitrogens with two attached hydrogens (primary N) is 1. The summed E-state index contributed by atoms with van der Waals surface area (Å²) in [4.78, 5) is 2.35. The smallest absolute Gasteiger partial charge is 0.0563 e. The molecule has 0 saturated heterocycles. The number of para-hydroxylation sites is 2. The molecular weight excluding hydrogens is 464 g/mol. The summed E-state index contributed by atoms with van der Waals surface area (Å²) in [5.74, 6) is 0. The maximum atomic E-state index is 5.96. The molecule has 0 aromatic heterocycles. The number of nitrogens with zero attached hydrogens (tertiary/aromatic N) is 1. The molecule has 0 spiro atoms. The van der Waals surface area contributed by atoms with Crippen molar-refractivity contribution in [3.8, 4) is 0 Å². The molecule has 0 heterocycles. The molecular formula is C34H34N4. The monoisotopic (exact) mass is 498 g/mol. The van der Waals surface area contributed by atoms with Crippen LogP contribution in [0.5, 0.6) is 0 Å². The highest BCUT2D eigenvalue weighted by Crippen LogP contribution is 2.35. The lowest BCUT2D eigenvalue weighted by molar-refractivity contribution is 0.771. The van der Waals surface area contributed by atoms with Gasteiger partial charge in [-0.25, -0.2) is 0 Å². The lowest BCUT2D eigenvalue weighted by atomic mass is 10.0. The fourth-order valence-electron chi connectivity index (χ4n) is 4.70. The molecule has 5 aromatic carbocycles. The zero-order chi connectivity index (χ0) is 26.3. The van der Waals surface area contributed by atoms with Gasteiger partial charge in [-0.05, 0) is 97.8 Å². The molecule has 0 radical (unpaired) electrons. The molecule has 2 atom stereocenters. The fraction of sp³-hybridized carbons (Fsp3) is 0.118. The predicted molar refractivity (Wildman–Crippen MR) is 162 cm³/mol. The number of anilines is 6. The number of hydrogen-bond acceptors (Lipinski definition) is 4. The van der Waals surface area contributed by atoms with Crippen LogP contribution in [0.25, 0.3) is 0 Å². The highest BCUT2D eigenvalue weighted by Gasteiger charge is 2.19. The Bertz CT molecular complexity index is 1410. The van der Waals surface area contributed by atoms with Crippen LogP contribution in [0.4, 0.5) is 34.1 Å². The van der Waals surface area contributed by atoms with Crippen molar-refractivity contribution in [3.05, 3.63) is 145 Å². The van der Waals surface area contributed by atoms with Gasteiger partial charge in [0.2, 0.25) is 0 Å². The number of benzene rings is 5. The molecule has 0 saturated carbocycles. The summed E-state index contributed by atoms with van der Waals surface area (Å²) in [6.07, 6.45) is 0. The van der Waals surface area contributed by atoms with Gasteiger partial charge in [-0.15, -0.1) is 0 Å². The first-order valence-corrected chi connectivity index (χ1v) is 13.1. The van der Waals surface area contributed by atoms with Crippen molar-refractivity contribution in [2.45, 2.75) is 25.9 Å². The molecule has 190 valence electrons.